The van der Waals surface area contributed by atoms with Crippen molar-refractivity contribution in [1.82, 2.24) is 4.98 Å². The lowest BCUT2D eigenvalue weighted by Gasteiger charge is -2.08. The van der Waals surface area contributed by atoms with Gasteiger partial charge in [-0.05, 0) is 34.1 Å². The summed E-state index contributed by atoms with van der Waals surface area (Å²) in [6, 6.07) is 4.60. The van der Waals surface area contributed by atoms with E-state index < -0.39 is 18.5 Å². The number of halogens is 3. The van der Waals surface area contributed by atoms with Crippen LogP contribution in [-0.4, -0.2) is 30.1 Å². The molecule has 0 fully saturated rings. The monoisotopic (exact) mass is 438 g/mol. The zero-order chi connectivity index (χ0) is 16.8. The van der Waals surface area contributed by atoms with Crippen LogP contribution in [-0.2, 0) is 14.3 Å². The third kappa shape index (κ3) is 5.98. The van der Waals surface area contributed by atoms with Gasteiger partial charge in [-0.15, -0.1) is 0 Å². The van der Waals surface area contributed by atoms with Crippen molar-refractivity contribution in [2.75, 3.05) is 18.5 Å². The van der Waals surface area contributed by atoms with Gasteiger partial charge in [-0.25, -0.2) is 9.78 Å². The maximum atomic E-state index is 11.6. The number of carbonyl (C=O) groups is 2. The molecule has 122 valence electrons. The van der Waals surface area contributed by atoms with Crippen LogP contribution in [0.5, 0.6) is 5.75 Å². The lowest BCUT2D eigenvalue weighted by Crippen LogP contribution is -2.23. The molecule has 0 atom stereocenters. The lowest BCUT2D eigenvalue weighted by atomic mass is 10.3. The highest BCUT2D eigenvalue weighted by Crippen LogP contribution is 2.27. The fraction of sp³-hybridized carbons (Fsp3) is 0.154. The minimum absolute atomic E-state index is 0.275. The predicted octanol–water partition coefficient (Wildman–Crippen LogP) is 3.77. The van der Waals surface area contributed by atoms with Gasteiger partial charge in [-0.2, -0.15) is 0 Å². The second-order valence-corrected chi connectivity index (χ2v) is 7.30. The first-order valence-electron chi connectivity index (χ1n) is 6.08. The molecule has 6 nitrogen and oxygen atoms in total. The number of carbonyl (C=O) groups excluding carboxylic acids is 2. The Morgan fingerprint density at radius 3 is 2.74 bits per heavy atom. The molecule has 0 bridgehead atoms. The maximum absolute atomic E-state index is 11.6. The molecule has 10 heteroatoms. The Hall–Kier alpha value is -1.35. The van der Waals surface area contributed by atoms with Crippen LogP contribution in [0.4, 0.5) is 5.13 Å². The zero-order valence-corrected chi connectivity index (χ0v) is 15.3. The van der Waals surface area contributed by atoms with E-state index in [0.29, 0.717) is 15.9 Å². The summed E-state index contributed by atoms with van der Waals surface area (Å²) in [6.45, 7) is -0.814. The topological polar surface area (TPSA) is 77.5 Å². The molecule has 0 saturated carbocycles. The number of rotatable bonds is 6. The van der Waals surface area contributed by atoms with Crippen LogP contribution in [0.25, 0.3) is 0 Å². The van der Waals surface area contributed by atoms with Crippen molar-refractivity contribution in [2.45, 2.75) is 0 Å². The maximum Gasteiger partial charge on any atom is 0.344 e. The average Bonchev–Trinajstić information content (AvgIpc) is 2.89. The number of nitrogens with one attached hydrogen (secondary N) is 1. The molecular formula is C13H9BrCl2N2O4S. The first-order valence-corrected chi connectivity index (χ1v) is 8.45. The van der Waals surface area contributed by atoms with Crippen molar-refractivity contribution in [3.05, 3.63) is 38.2 Å². The van der Waals surface area contributed by atoms with E-state index in [9.17, 15) is 9.59 Å². The largest absolute Gasteiger partial charge is 0.480 e. The highest BCUT2D eigenvalue weighted by molar-refractivity contribution is 9.11. The van der Waals surface area contributed by atoms with Gasteiger partial charge in [0, 0.05) is 5.02 Å². The molecule has 1 heterocycles. The van der Waals surface area contributed by atoms with E-state index in [1.165, 1.54) is 23.5 Å². The van der Waals surface area contributed by atoms with Gasteiger partial charge in [0.05, 0.1) is 15.0 Å². The first-order chi connectivity index (χ1) is 10.9. The van der Waals surface area contributed by atoms with Crippen LogP contribution in [0.15, 0.2) is 28.2 Å². The Bertz CT molecular complexity index is 726. The number of aromatic nitrogens is 1. The third-order valence-electron chi connectivity index (χ3n) is 2.33. The molecule has 2 aromatic rings. The highest BCUT2D eigenvalue weighted by Gasteiger charge is 2.11. The SMILES string of the molecule is O=C(COC(=O)COc1ccc(Cl)cc1Cl)Nc1ncc(Br)s1. The Morgan fingerprint density at radius 1 is 1.30 bits per heavy atom. The van der Waals surface area contributed by atoms with E-state index >= 15 is 0 Å². The van der Waals surface area contributed by atoms with Gasteiger partial charge in [0.25, 0.3) is 5.91 Å². The molecule has 2 rings (SSSR count). The van der Waals surface area contributed by atoms with Crippen LogP contribution in [0, 0.1) is 0 Å². The van der Waals surface area contributed by atoms with Gasteiger partial charge in [-0.1, -0.05) is 34.5 Å². The van der Waals surface area contributed by atoms with Crippen molar-refractivity contribution < 1.29 is 19.1 Å². The van der Waals surface area contributed by atoms with Gasteiger partial charge in [0.15, 0.2) is 18.3 Å². The minimum atomic E-state index is -0.702. The number of thiazole rings is 1. The molecule has 1 aromatic carbocycles. The Balaban J connectivity index is 1.73. The minimum Gasteiger partial charge on any atom is -0.480 e. The third-order valence-corrected chi connectivity index (χ3v) is 4.25. The smallest absolute Gasteiger partial charge is 0.344 e. The number of benzene rings is 1. The molecular weight excluding hydrogens is 431 g/mol. The van der Waals surface area contributed by atoms with E-state index in [-0.39, 0.29) is 11.6 Å². The fourth-order valence-electron chi connectivity index (χ4n) is 1.38. The Kier molecular flexibility index (Phi) is 6.64. The Labute approximate surface area is 153 Å². The molecule has 0 unspecified atom stereocenters. The molecule has 23 heavy (non-hydrogen) atoms. The lowest BCUT2D eigenvalue weighted by molar-refractivity contribution is -0.149. The summed E-state index contributed by atoms with van der Waals surface area (Å²) in [4.78, 5) is 27.0. The van der Waals surface area contributed by atoms with Gasteiger partial charge in [0.1, 0.15) is 5.75 Å². The van der Waals surface area contributed by atoms with Crippen molar-refractivity contribution in [3.63, 3.8) is 0 Å². The van der Waals surface area contributed by atoms with E-state index in [4.69, 9.17) is 32.7 Å². The van der Waals surface area contributed by atoms with Gasteiger partial charge in [0.2, 0.25) is 0 Å². The van der Waals surface area contributed by atoms with Crippen LogP contribution in [0.1, 0.15) is 0 Å². The van der Waals surface area contributed by atoms with Crippen molar-refractivity contribution >= 4 is 67.5 Å². The standard InChI is InChI=1S/C13H9BrCl2N2O4S/c14-10-4-17-13(23-10)18-11(19)5-22-12(20)6-21-9-2-1-7(15)3-8(9)16/h1-4H,5-6H2,(H,17,18,19). The molecule has 1 N–H and O–H groups in total. The van der Waals surface area contributed by atoms with Crippen LogP contribution < -0.4 is 10.1 Å². The van der Waals surface area contributed by atoms with E-state index in [0.717, 1.165) is 3.79 Å². The molecule has 0 aliphatic carbocycles. The summed E-state index contributed by atoms with van der Waals surface area (Å²) in [5.74, 6) is -0.902. The highest BCUT2D eigenvalue weighted by atomic mass is 79.9. The fourth-order valence-corrected chi connectivity index (χ4v) is 2.97. The predicted molar refractivity (Wildman–Crippen MR) is 91.4 cm³/mol. The summed E-state index contributed by atoms with van der Waals surface area (Å²) in [5, 5.41) is 3.63. The van der Waals surface area contributed by atoms with Crippen molar-refractivity contribution in [1.29, 1.82) is 0 Å². The van der Waals surface area contributed by atoms with Crippen LogP contribution >= 0.6 is 50.5 Å². The van der Waals surface area contributed by atoms with E-state index in [2.05, 4.69) is 26.2 Å². The summed E-state index contributed by atoms with van der Waals surface area (Å²) in [5.41, 5.74) is 0. The summed E-state index contributed by atoms with van der Waals surface area (Å²) in [6.07, 6.45) is 1.55. The molecule has 0 aliphatic rings. The van der Waals surface area contributed by atoms with Gasteiger partial charge in [-0.3, -0.25) is 10.1 Å². The second-order valence-electron chi connectivity index (χ2n) is 4.04. The Morgan fingerprint density at radius 2 is 2.09 bits per heavy atom. The van der Waals surface area contributed by atoms with Crippen molar-refractivity contribution in [3.8, 4) is 5.75 Å². The number of esters is 1. The van der Waals surface area contributed by atoms with E-state index in [1.807, 2.05) is 0 Å². The summed E-state index contributed by atoms with van der Waals surface area (Å²) >= 11 is 16.1. The number of ether oxygens (including phenoxy) is 2. The molecule has 0 radical (unpaired) electrons. The molecule has 0 spiro atoms. The van der Waals surface area contributed by atoms with Gasteiger partial charge < -0.3 is 9.47 Å². The molecule has 0 saturated heterocycles. The number of hydrogen-bond acceptors (Lipinski definition) is 6. The number of amides is 1. The van der Waals surface area contributed by atoms with E-state index in [1.54, 1.807) is 12.3 Å². The van der Waals surface area contributed by atoms with Gasteiger partial charge >= 0.3 is 5.97 Å². The molecule has 0 aliphatic heterocycles. The van der Waals surface area contributed by atoms with Crippen molar-refractivity contribution in [2.24, 2.45) is 0 Å². The average molecular weight is 440 g/mol. The number of nitrogens with zero attached hydrogens (tertiary/aromatic N) is 1. The second kappa shape index (κ2) is 8.49. The quantitative estimate of drug-likeness (QED) is 0.693. The van der Waals surface area contributed by atoms with Crippen LogP contribution in [0.2, 0.25) is 10.0 Å². The number of anilines is 1. The summed E-state index contributed by atoms with van der Waals surface area (Å²) < 4.78 is 10.8. The molecule has 1 aromatic heterocycles. The van der Waals surface area contributed by atoms with Crippen LogP contribution in [0.3, 0.4) is 0 Å². The summed E-state index contributed by atoms with van der Waals surface area (Å²) in [7, 11) is 0. The normalized spacial score (nSPS) is 10.2. The molecule has 1 amide bonds. The number of hydrogen-bond donors (Lipinski definition) is 1. The first kappa shape index (κ1) is 18.0. The zero-order valence-electron chi connectivity index (χ0n) is 11.3.